The SMILES string of the molecule is COCC(O)CN(C)S(=O)(=O)c1cccc(C(C)O)c1. The number of hydrogen-bond donors (Lipinski definition) is 2. The Labute approximate surface area is 119 Å². The normalized spacial score (nSPS) is 15.3. The molecule has 0 spiro atoms. The van der Waals surface area contributed by atoms with Gasteiger partial charge < -0.3 is 14.9 Å². The lowest BCUT2D eigenvalue weighted by Gasteiger charge is -2.20. The molecular weight excluding hydrogens is 282 g/mol. The van der Waals surface area contributed by atoms with E-state index in [1.807, 2.05) is 0 Å². The molecule has 114 valence electrons. The topological polar surface area (TPSA) is 87.1 Å². The van der Waals surface area contributed by atoms with Gasteiger partial charge in [0.1, 0.15) is 0 Å². The predicted molar refractivity (Wildman–Crippen MR) is 74.8 cm³/mol. The maximum absolute atomic E-state index is 12.3. The quantitative estimate of drug-likeness (QED) is 0.760. The van der Waals surface area contributed by atoms with Gasteiger partial charge in [0.25, 0.3) is 0 Å². The fourth-order valence-electron chi connectivity index (χ4n) is 1.75. The maximum Gasteiger partial charge on any atom is 0.242 e. The second kappa shape index (κ2) is 7.14. The summed E-state index contributed by atoms with van der Waals surface area (Å²) in [4.78, 5) is 0.0861. The maximum atomic E-state index is 12.3. The standard InChI is InChI=1S/C13H21NO5S/c1-10(15)11-5-4-6-13(7-11)20(17,18)14(2)8-12(16)9-19-3/h4-7,10,12,15-16H,8-9H2,1-3H3. The van der Waals surface area contributed by atoms with E-state index in [2.05, 4.69) is 0 Å². The van der Waals surface area contributed by atoms with E-state index in [1.165, 1.54) is 26.3 Å². The molecule has 0 bridgehead atoms. The highest BCUT2D eigenvalue weighted by Crippen LogP contribution is 2.19. The van der Waals surface area contributed by atoms with Crippen molar-refractivity contribution in [3.8, 4) is 0 Å². The van der Waals surface area contributed by atoms with Crippen LogP contribution >= 0.6 is 0 Å². The highest BCUT2D eigenvalue weighted by atomic mass is 32.2. The van der Waals surface area contributed by atoms with Gasteiger partial charge in [-0.15, -0.1) is 0 Å². The van der Waals surface area contributed by atoms with Crippen LogP contribution in [0.2, 0.25) is 0 Å². The predicted octanol–water partition coefficient (Wildman–Crippen LogP) is 0.368. The Balaban J connectivity index is 2.95. The van der Waals surface area contributed by atoms with Crippen LogP contribution in [0, 0.1) is 0 Å². The third-order valence-electron chi connectivity index (χ3n) is 2.88. The number of ether oxygens (including phenoxy) is 1. The molecule has 2 N–H and O–H groups in total. The van der Waals surface area contributed by atoms with Crippen LogP contribution in [0.25, 0.3) is 0 Å². The summed E-state index contributed by atoms with van der Waals surface area (Å²) in [6.07, 6.45) is -1.63. The summed E-state index contributed by atoms with van der Waals surface area (Å²) in [5.41, 5.74) is 0.525. The van der Waals surface area contributed by atoms with Gasteiger partial charge in [-0.1, -0.05) is 12.1 Å². The van der Waals surface area contributed by atoms with E-state index in [4.69, 9.17) is 4.74 Å². The Morgan fingerprint density at radius 3 is 2.55 bits per heavy atom. The molecule has 0 aromatic heterocycles. The fraction of sp³-hybridized carbons (Fsp3) is 0.538. The van der Waals surface area contributed by atoms with Crippen LogP contribution in [0.3, 0.4) is 0 Å². The summed E-state index contributed by atoms with van der Waals surface area (Å²) in [5.74, 6) is 0. The second-order valence-electron chi connectivity index (χ2n) is 4.64. The number of sulfonamides is 1. The molecule has 2 atom stereocenters. The van der Waals surface area contributed by atoms with Crippen molar-refractivity contribution in [2.75, 3.05) is 27.3 Å². The molecule has 0 aliphatic heterocycles. The van der Waals surface area contributed by atoms with Crippen LogP contribution in [0.5, 0.6) is 0 Å². The first-order chi connectivity index (χ1) is 9.28. The van der Waals surface area contributed by atoms with Crippen molar-refractivity contribution in [3.05, 3.63) is 29.8 Å². The molecule has 6 nitrogen and oxygen atoms in total. The van der Waals surface area contributed by atoms with Crippen molar-refractivity contribution in [1.82, 2.24) is 4.31 Å². The van der Waals surface area contributed by atoms with Crippen LogP contribution in [0.1, 0.15) is 18.6 Å². The van der Waals surface area contributed by atoms with Gasteiger partial charge in [0.2, 0.25) is 10.0 Å². The Morgan fingerprint density at radius 2 is 2.00 bits per heavy atom. The minimum Gasteiger partial charge on any atom is -0.389 e. The molecule has 0 aliphatic rings. The molecule has 0 aliphatic carbocycles. The van der Waals surface area contributed by atoms with Crippen LogP contribution in [-0.4, -0.2) is 56.3 Å². The van der Waals surface area contributed by atoms with Crippen molar-refractivity contribution in [3.63, 3.8) is 0 Å². The lowest BCUT2D eigenvalue weighted by atomic mass is 10.1. The van der Waals surface area contributed by atoms with E-state index in [-0.39, 0.29) is 18.0 Å². The number of aliphatic hydroxyl groups excluding tert-OH is 2. The molecule has 20 heavy (non-hydrogen) atoms. The Kier molecular flexibility index (Phi) is 6.09. The first kappa shape index (κ1) is 17.1. The van der Waals surface area contributed by atoms with Crippen LogP contribution in [0.15, 0.2) is 29.2 Å². The second-order valence-corrected chi connectivity index (χ2v) is 6.69. The third-order valence-corrected chi connectivity index (χ3v) is 4.69. The number of rotatable bonds is 7. The Hall–Kier alpha value is -0.990. The van der Waals surface area contributed by atoms with Gasteiger partial charge in [-0.25, -0.2) is 8.42 Å². The molecule has 0 amide bonds. The average molecular weight is 303 g/mol. The Bertz CT molecular complexity index is 529. The Morgan fingerprint density at radius 1 is 1.35 bits per heavy atom. The van der Waals surface area contributed by atoms with Crippen LogP contribution in [0.4, 0.5) is 0 Å². The summed E-state index contributed by atoms with van der Waals surface area (Å²) in [6, 6.07) is 6.12. The third kappa shape index (κ3) is 4.26. The first-order valence-electron chi connectivity index (χ1n) is 6.20. The summed E-state index contributed by atoms with van der Waals surface area (Å²) >= 11 is 0. The largest absolute Gasteiger partial charge is 0.389 e. The molecule has 7 heteroatoms. The van der Waals surface area contributed by atoms with E-state index in [9.17, 15) is 18.6 Å². The lowest BCUT2D eigenvalue weighted by molar-refractivity contribution is 0.0554. The van der Waals surface area contributed by atoms with Gasteiger partial charge in [-0.3, -0.25) is 0 Å². The smallest absolute Gasteiger partial charge is 0.242 e. The molecular formula is C13H21NO5S. The highest BCUT2D eigenvalue weighted by Gasteiger charge is 2.23. The van der Waals surface area contributed by atoms with E-state index in [0.717, 1.165) is 4.31 Å². The number of hydrogen-bond acceptors (Lipinski definition) is 5. The summed E-state index contributed by atoms with van der Waals surface area (Å²) in [7, 11) is -0.875. The van der Waals surface area contributed by atoms with Crippen LogP contribution in [-0.2, 0) is 14.8 Å². The van der Waals surface area contributed by atoms with E-state index < -0.39 is 22.2 Å². The van der Waals surface area contributed by atoms with Crippen molar-refractivity contribution >= 4 is 10.0 Å². The van der Waals surface area contributed by atoms with E-state index in [0.29, 0.717) is 5.56 Å². The number of methoxy groups -OCH3 is 1. The van der Waals surface area contributed by atoms with Gasteiger partial charge >= 0.3 is 0 Å². The summed E-state index contributed by atoms with van der Waals surface area (Å²) in [6.45, 7) is 1.57. The molecule has 0 heterocycles. The molecule has 1 aromatic rings. The van der Waals surface area contributed by atoms with Crippen LogP contribution < -0.4 is 0 Å². The lowest BCUT2D eigenvalue weighted by Crippen LogP contribution is -2.36. The molecule has 1 aromatic carbocycles. The summed E-state index contributed by atoms with van der Waals surface area (Å²) in [5, 5.41) is 19.1. The van der Waals surface area contributed by atoms with Crippen molar-refractivity contribution in [1.29, 1.82) is 0 Å². The number of likely N-dealkylation sites (N-methyl/N-ethyl adjacent to an activating group) is 1. The first-order valence-corrected chi connectivity index (χ1v) is 7.64. The van der Waals surface area contributed by atoms with Gasteiger partial charge in [-0.05, 0) is 24.6 Å². The van der Waals surface area contributed by atoms with Gasteiger partial charge in [-0.2, -0.15) is 4.31 Å². The number of aliphatic hydroxyl groups is 2. The van der Waals surface area contributed by atoms with Crippen molar-refractivity contribution in [2.45, 2.75) is 24.0 Å². The minimum absolute atomic E-state index is 0.0604. The molecule has 0 saturated carbocycles. The number of nitrogens with zero attached hydrogens (tertiary/aromatic N) is 1. The minimum atomic E-state index is -3.70. The van der Waals surface area contributed by atoms with E-state index in [1.54, 1.807) is 19.1 Å². The van der Waals surface area contributed by atoms with Gasteiger partial charge in [0.15, 0.2) is 0 Å². The number of benzene rings is 1. The van der Waals surface area contributed by atoms with Gasteiger partial charge in [0, 0.05) is 20.7 Å². The van der Waals surface area contributed by atoms with Crippen molar-refractivity contribution in [2.24, 2.45) is 0 Å². The molecule has 2 unspecified atom stereocenters. The fourth-order valence-corrected chi connectivity index (χ4v) is 3.02. The van der Waals surface area contributed by atoms with Gasteiger partial charge in [0.05, 0.1) is 23.7 Å². The van der Waals surface area contributed by atoms with E-state index >= 15 is 0 Å². The molecule has 0 radical (unpaired) electrons. The zero-order valence-corrected chi connectivity index (χ0v) is 12.7. The molecule has 0 saturated heterocycles. The summed E-state index contributed by atoms with van der Waals surface area (Å²) < 4.78 is 30.5. The van der Waals surface area contributed by atoms with Crippen molar-refractivity contribution < 1.29 is 23.4 Å². The monoisotopic (exact) mass is 303 g/mol. The average Bonchev–Trinajstić information content (AvgIpc) is 2.38. The molecule has 1 rings (SSSR count). The molecule has 0 fully saturated rings. The zero-order chi connectivity index (χ0) is 15.3. The zero-order valence-electron chi connectivity index (χ0n) is 11.9. The highest BCUT2D eigenvalue weighted by molar-refractivity contribution is 7.89.